The van der Waals surface area contributed by atoms with E-state index in [1.165, 1.54) is 7.11 Å². The molecule has 1 heterocycles. The lowest BCUT2D eigenvalue weighted by Gasteiger charge is -2.07. The molecule has 17 heavy (non-hydrogen) atoms. The van der Waals surface area contributed by atoms with Crippen molar-refractivity contribution in [2.24, 2.45) is 0 Å². The Morgan fingerprint density at radius 3 is 2.76 bits per heavy atom. The third-order valence-electron chi connectivity index (χ3n) is 2.31. The molecule has 0 saturated heterocycles. The van der Waals surface area contributed by atoms with Crippen LogP contribution in [0.4, 0.5) is 0 Å². The number of hydrogen-bond donors (Lipinski definition) is 0. The summed E-state index contributed by atoms with van der Waals surface area (Å²) in [6, 6.07) is 0. The first-order valence-electron chi connectivity index (χ1n) is 5.95. The molecule has 0 aromatic carbocycles. The molecular formula is C12H20N2O3. The first kappa shape index (κ1) is 13.7. The van der Waals surface area contributed by atoms with Crippen LogP contribution in [0.25, 0.3) is 0 Å². The van der Waals surface area contributed by atoms with Crippen LogP contribution in [0.1, 0.15) is 37.2 Å². The Balaban J connectivity index is 2.77. The van der Waals surface area contributed by atoms with Gasteiger partial charge in [0, 0.05) is 13.2 Å². The zero-order chi connectivity index (χ0) is 12.7. The lowest BCUT2D eigenvalue weighted by molar-refractivity contribution is 0.0747. The summed E-state index contributed by atoms with van der Waals surface area (Å²) in [4.78, 5) is 12.0. The van der Waals surface area contributed by atoms with Gasteiger partial charge in [-0.2, -0.15) is 5.10 Å². The number of carbonyl (C=O) groups is 1. The minimum absolute atomic E-state index is 0.0822. The summed E-state index contributed by atoms with van der Waals surface area (Å²) < 4.78 is 12.1. The van der Waals surface area contributed by atoms with Gasteiger partial charge in [0.25, 0.3) is 0 Å². The van der Waals surface area contributed by atoms with E-state index in [1.54, 1.807) is 10.9 Å². The number of ether oxygens (including phenoxy) is 2. The molecule has 0 N–H and O–H groups in total. The standard InChI is InChI=1S/C12H20N2O3/c1-4-6-14-12(11(16-3)8-13-14)10(15)9-17-7-5-2/h8H,4-7,9H2,1-3H3. The first-order valence-corrected chi connectivity index (χ1v) is 5.95. The third kappa shape index (κ3) is 3.56. The van der Waals surface area contributed by atoms with Gasteiger partial charge in [-0.15, -0.1) is 0 Å². The normalized spacial score (nSPS) is 10.5. The van der Waals surface area contributed by atoms with Crippen molar-refractivity contribution in [1.82, 2.24) is 9.78 Å². The lowest BCUT2D eigenvalue weighted by Crippen LogP contribution is -2.16. The van der Waals surface area contributed by atoms with E-state index in [-0.39, 0.29) is 12.4 Å². The van der Waals surface area contributed by atoms with Crippen LogP contribution < -0.4 is 4.74 Å². The van der Waals surface area contributed by atoms with Gasteiger partial charge in [-0.1, -0.05) is 13.8 Å². The smallest absolute Gasteiger partial charge is 0.210 e. The highest BCUT2D eigenvalue weighted by atomic mass is 16.5. The van der Waals surface area contributed by atoms with Gasteiger partial charge in [0.2, 0.25) is 5.78 Å². The van der Waals surface area contributed by atoms with E-state index < -0.39 is 0 Å². The predicted molar refractivity (Wildman–Crippen MR) is 64.5 cm³/mol. The van der Waals surface area contributed by atoms with E-state index in [1.807, 2.05) is 13.8 Å². The second kappa shape index (κ2) is 7.06. The van der Waals surface area contributed by atoms with Crippen molar-refractivity contribution in [3.8, 4) is 5.75 Å². The van der Waals surface area contributed by atoms with Gasteiger partial charge in [-0.25, -0.2) is 0 Å². The molecule has 96 valence electrons. The molecule has 0 fully saturated rings. The average Bonchev–Trinajstić information content (AvgIpc) is 2.73. The lowest BCUT2D eigenvalue weighted by atomic mass is 10.2. The summed E-state index contributed by atoms with van der Waals surface area (Å²) in [5.74, 6) is 0.435. The molecule has 0 bridgehead atoms. The van der Waals surface area contributed by atoms with Crippen molar-refractivity contribution < 1.29 is 14.3 Å². The molecule has 1 aromatic rings. The summed E-state index contributed by atoms with van der Waals surface area (Å²) in [5.41, 5.74) is 0.505. The zero-order valence-corrected chi connectivity index (χ0v) is 10.7. The molecule has 0 aliphatic heterocycles. The Labute approximate surface area is 102 Å². The van der Waals surface area contributed by atoms with Gasteiger partial charge >= 0.3 is 0 Å². The number of Topliss-reactive ketones (excluding diaryl/α,β-unsaturated/α-hetero) is 1. The second-order valence-corrected chi connectivity index (χ2v) is 3.76. The molecule has 0 spiro atoms. The minimum Gasteiger partial charge on any atom is -0.493 e. The number of nitrogens with zero attached hydrogens (tertiary/aromatic N) is 2. The SMILES string of the molecule is CCCOCC(=O)c1c(OC)cnn1CCC. The molecule has 1 aromatic heterocycles. The van der Waals surface area contributed by atoms with Crippen molar-refractivity contribution in [2.45, 2.75) is 33.2 Å². The largest absolute Gasteiger partial charge is 0.493 e. The van der Waals surface area contributed by atoms with Crippen molar-refractivity contribution in [3.05, 3.63) is 11.9 Å². The van der Waals surface area contributed by atoms with E-state index in [2.05, 4.69) is 5.10 Å². The number of carbonyl (C=O) groups excluding carboxylic acids is 1. The quantitative estimate of drug-likeness (QED) is 0.514. The highest BCUT2D eigenvalue weighted by Crippen LogP contribution is 2.18. The summed E-state index contributed by atoms with van der Waals surface area (Å²) in [6.45, 7) is 5.43. The Bertz CT molecular complexity index is 361. The van der Waals surface area contributed by atoms with E-state index in [4.69, 9.17) is 9.47 Å². The van der Waals surface area contributed by atoms with Crippen LogP contribution >= 0.6 is 0 Å². The number of hydrogen-bond acceptors (Lipinski definition) is 4. The molecule has 5 heteroatoms. The minimum atomic E-state index is -0.0822. The van der Waals surface area contributed by atoms with Gasteiger partial charge in [0.15, 0.2) is 5.75 Å². The Morgan fingerprint density at radius 1 is 1.41 bits per heavy atom. The highest BCUT2D eigenvalue weighted by molar-refractivity contribution is 5.98. The fourth-order valence-electron chi connectivity index (χ4n) is 1.56. The van der Waals surface area contributed by atoms with E-state index in [9.17, 15) is 4.79 Å². The first-order chi connectivity index (χ1) is 8.24. The molecule has 0 atom stereocenters. The Kier molecular flexibility index (Phi) is 5.69. The second-order valence-electron chi connectivity index (χ2n) is 3.76. The maximum absolute atomic E-state index is 12.0. The monoisotopic (exact) mass is 240 g/mol. The predicted octanol–water partition coefficient (Wildman–Crippen LogP) is 1.91. The number of methoxy groups -OCH3 is 1. The zero-order valence-electron chi connectivity index (χ0n) is 10.7. The molecule has 0 radical (unpaired) electrons. The molecule has 0 amide bonds. The Hall–Kier alpha value is -1.36. The van der Waals surface area contributed by atoms with Crippen LogP contribution in [0.2, 0.25) is 0 Å². The van der Waals surface area contributed by atoms with Gasteiger partial charge in [-0.05, 0) is 12.8 Å². The van der Waals surface area contributed by atoms with E-state index >= 15 is 0 Å². The number of ketones is 1. The average molecular weight is 240 g/mol. The van der Waals surface area contributed by atoms with E-state index in [0.717, 1.165) is 12.8 Å². The van der Waals surface area contributed by atoms with E-state index in [0.29, 0.717) is 24.6 Å². The molecule has 0 aliphatic rings. The summed E-state index contributed by atoms with van der Waals surface area (Å²) in [7, 11) is 1.54. The fraction of sp³-hybridized carbons (Fsp3) is 0.667. The highest BCUT2D eigenvalue weighted by Gasteiger charge is 2.18. The molecular weight excluding hydrogens is 220 g/mol. The molecule has 0 unspecified atom stereocenters. The van der Waals surface area contributed by atoms with Crippen LogP contribution in [0.5, 0.6) is 5.75 Å². The number of rotatable bonds is 8. The topological polar surface area (TPSA) is 53.4 Å². The maximum atomic E-state index is 12.0. The summed E-state index contributed by atoms with van der Waals surface area (Å²) in [6.07, 6.45) is 3.39. The van der Waals surface area contributed by atoms with Gasteiger partial charge in [0.05, 0.1) is 13.3 Å². The van der Waals surface area contributed by atoms with Crippen molar-refractivity contribution in [1.29, 1.82) is 0 Å². The maximum Gasteiger partial charge on any atom is 0.210 e. The van der Waals surface area contributed by atoms with Crippen LogP contribution in [0.3, 0.4) is 0 Å². The summed E-state index contributed by atoms with van der Waals surface area (Å²) in [5, 5.41) is 4.14. The van der Waals surface area contributed by atoms with Crippen LogP contribution in [-0.4, -0.2) is 35.9 Å². The van der Waals surface area contributed by atoms with Gasteiger partial charge in [0.1, 0.15) is 12.3 Å². The van der Waals surface area contributed by atoms with Crippen molar-refractivity contribution >= 4 is 5.78 Å². The van der Waals surface area contributed by atoms with Crippen molar-refractivity contribution in [2.75, 3.05) is 20.3 Å². The number of aromatic nitrogens is 2. The van der Waals surface area contributed by atoms with Crippen LogP contribution in [-0.2, 0) is 11.3 Å². The van der Waals surface area contributed by atoms with Crippen LogP contribution in [0.15, 0.2) is 6.20 Å². The van der Waals surface area contributed by atoms with Gasteiger partial charge in [-0.3, -0.25) is 9.48 Å². The molecule has 0 saturated carbocycles. The number of aryl methyl sites for hydroxylation is 1. The Morgan fingerprint density at radius 2 is 2.18 bits per heavy atom. The summed E-state index contributed by atoms with van der Waals surface area (Å²) >= 11 is 0. The van der Waals surface area contributed by atoms with Gasteiger partial charge < -0.3 is 9.47 Å². The molecule has 0 aliphatic carbocycles. The molecule has 1 rings (SSSR count). The fourth-order valence-corrected chi connectivity index (χ4v) is 1.56. The van der Waals surface area contributed by atoms with Crippen molar-refractivity contribution in [3.63, 3.8) is 0 Å². The third-order valence-corrected chi connectivity index (χ3v) is 2.31. The van der Waals surface area contributed by atoms with Crippen LogP contribution in [0, 0.1) is 0 Å². The molecule has 5 nitrogen and oxygen atoms in total.